The molecule has 22 heavy (non-hydrogen) atoms. The first-order valence-electron chi connectivity index (χ1n) is 8.02. The molecule has 0 saturated carbocycles. The van der Waals surface area contributed by atoms with Gasteiger partial charge in [-0.3, -0.25) is 10.9 Å². The number of hydrogen-bond donors (Lipinski definition) is 4. The van der Waals surface area contributed by atoms with Crippen molar-refractivity contribution in [2.24, 2.45) is 0 Å². The molecule has 4 unspecified atom stereocenters. The molecule has 0 radical (unpaired) electrons. The molecular formula is C18H22N4. The van der Waals surface area contributed by atoms with Crippen molar-refractivity contribution in [2.75, 3.05) is 0 Å². The summed E-state index contributed by atoms with van der Waals surface area (Å²) in [7, 11) is 0. The number of hydrogen-bond acceptors (Lipinski definition) is 4. The van der Waals surface area contributed by atoms with Crippen molar-refractivity contribution in [3.8, 4) is 0 Å². The summed E-state index contributed by atoms with van der Waals surface area (Å²) in [6.45, 7) is 0. The van der Waals surface area contributed by atoms with Crippen molar-refractivity contribution < 1.29 is 0 Å². The van der Waals surface area contributed by atoms with E-state index in [4.69, 9.17) is 0 Å². The number of benzene rings is 2. The molecule has 0 aromatic heterocycles. The smallest absolute Gasteiger partial charge is 0.0478 e. The second-order valence-electron chi connectivity index (χ2n) is 6.19. The average molecular weight is 294 g/mol. The maximum absolute atomic E-state index is 3.47. The average Bonchev–Trinajstić information content (AvgIpc) is 3.26. The summed E-state index contributed by atoms with van der Waals surface area (Å²) < 4.78 is 0. The Hall–Kier alpha value is -1.72. The zero-order chi connectivity index (χ0) is 14.8. The molecule has 4 atom stereocenters. The lowest BCUT2D eigenvalue weighted by Crippen LogP contribution is -2.45. The van der Waals surface area contributed by atoms with E-state index >= 15 is 0 Å². The Morgan fingerprint density at radius 1 is 0.545 bits per heavy atom. The summed E-state index contributed by atoms with van der Waals surface area (Å²) in [6, 6.07) is 23.0. The number of nitrogens with one attached hydrogen (secondary N) is 4. The van der Waals surface area contributed by atoms with E-state index in [1.807, 2.05) is 0 Å². The van der Waals surface area contributed by atoms with E-state index in [1.165, 1.54) is 11.1 Å². The fourth-order valence-electron chi connectivity index (χ4n) is 3.50. The predicted molar refractivity (Wildman–Crippen MR) is 87.7 cm³/mol. The molecule has 0 bridgehead atoms. The Balaban J connectivity index is 1.38. The monoisotopic (exact) mass is 294 g/mol. The molecule has 4 rings (SSSR count). The lowest BCUT2D eigenvalue weighted by molar-refractivity contribution is 0.414. The van der Waals surface area contributed by atoms with E-state index in [1.54, 1.807) is 0 Å². The predicted octanol–water partition coefficient (Wildman–Crippen LogP) is 2.20. The fourth-order valence-corrected chi connectivity index (χ4v) is 3.50. The van der Waals surface area contributed by atoms with Crippen molar-refractivity contribution in [3.63, 3.8) is 0 Å². The van der Waals surface area contributed by atoms with Gasteiger partial charge in [0.05, 0.1) is 0 Å². The van der Waals surface area contributed by atoms with Crippen molar-refractivity contribution in [1.29, 1.82) is 0 Å². The molecule has 2 aromatic rings. The van der Waals surface area contributed by atoms with Crippen molar-refractivity contribution >= 4 is 0 Å². The molecule has 2 aromatic carbocycles. The van der Waals surface area contributed by atoms with Crippen LogP contribution >= 0.6 is 0 Å². The Labute approximate surface area is 131 Å². The minimum absolute atomic E-state index is 0.392. The summed E-state index contributed by atoms with van der Waals surface area (Å²) in [5.41, 5.74) is 16.5. The van der Waals surface area contributed by atoms with Crippen LogP contribution in [0.4, 0.5) is 0 Å². The van der Waals surface area contributed by atoms with Gasteiger partial charge in [0, 0.05) is 24.2 Å². The molecule has 0 amide bonds. The van der Waals surface area contributed by atoms with Gasteiger partial charge in [0.1, 0.15) is 0 Å². The zero-order valence-corrected chi connectivity index (χ0v) is 12.5. The summed E-state index contributed by atoms with van der Waals surface area (Å²) in [6.07, 6.45) is 2.20. The third-order valence-electron chi connectivity index (χ3n) is 4.75. The van der Waals surface area contributed by atoms with Gasteiger partial charge in [0.15, 0.2) is 0 Å². The van der Waals surface area contributed by atoms with Gasteiger partial charge in [0.2, 0.25) is 0 Å². The highest BCUT2D eigenvalue weighted by molar-refractivity contribution is 5.22. The van der Waals surface area contributed by atoms with Gasteiger partial charge in [-0.15, -0.1) is 0 Å². The largest absolute Gasteiger partial charge is 0.252 e. The normalized spacial score (nSPS) is 31.5. The highest BCUT2D eigenvalue weighted by Gasteiger charge is 2.35. The van der Waals surface area contributed by atoms with E-state index < -0.39 is 0 Å². The summed E-state index contributed by atoms with van der Waals surface area (Å²) in [5.74, 6) is 0. The molecule has 2 aliphatic heterocycles. The van der Waals surface area contributed by atoms with Crippen LogP contribution in [0.1, 0.15) is 36.1 Å². The topological polar surface area (TPSA) is 48.1 Å². The van der Waals surface area contributed by atoms with Crippen molar-refractivity contribution in [2.45, 2.75) is 37.0 Å². The highest BCUT2D eigenvalue weighted by Crippen LogP contribution is 2.29. The van der Waals surface area contributed by atoms with Gasteiger partial charge in [-0.05, 0) is 24.0 Å². The Morgan fingerprint density at radius 2 is 0.955 bits per heavy atom. The SMILES string of the molecule is c1ccc(C2CC(C3CC(c4ccccc4)NN3)NN2)cc1. The van der Waals surface area contributed by atoms with Crippen molar-refractivity contribution in [1.82, 2.24) is 21.7 Å². The Kier molecular flexibility index (Phi) is 3.91. The van der Waals surface area contributed by atoms with E-state index in [0.29, 0.717) is 24.2 Å². The van der Waals surface area contributed by atoms with Gasteiger partial charge in [-0.25, -0.2) is 10.9 Å². The first kappa shape index (κ1) is 13.9. The van der Waals surface area contributed by atoms with E-state index in [9.17, 15) is 0 Å². The van der Waals surface area contributed by atoms with Crippen LogP contribution in [0.15, 0.2) is 60.7 Å². The molecule has 2 fully saturated rings. The van der Waals surface area contributed by atoms with E-state index in [0.717, 1.165) is 12.8 Å². The third-order valence-corrected chi connectivity index (χ3v) is 4.75. The van der Waals surface area contributed by atoms with Crippen LogP contribution in [-0.2, 0) is 0 Å². The number of rotatable bonds is 3. The second-order valence-corrected chi connectivity index (χ2v) is 6.19. The van der Waals surface area contributed by atoms with Gasteiger partial charge in [0.25, 0.3) is 0 Å². The van der Waals surface area contributed by atoms with Crippen LogP contribution in [0.3, 0.4) is 0 Å². The zero-order valence-electron chi connectivity index (χ0n) is 12.5. The summed E-state index contributed by atoms with van der Waals surface area (Å²) >= 11 is 0. The van der Waals surface area contributed by atoms with Gasteiger partial charge >= 0.3 is 0 Å². The molecule has 114 valence electrons. The highest BCUT2D eigenvalue weighted by atomic mass is 15.5. The number of hydrazine groups is 2. The quantitative estimate of drug-likeness (QED) is 0.701. The van der Waals surface area contributed by atoms with Crippen LogP contribution in [0.2, 0.25) is 0 Å². The Bertz CT molecular complexity index is 545. The van der Waals surface area contributed by atoms with E-state index in [2.05, 4.69) is 82.4 Å². The minimum atomic E-state index is 0.392. The molecule has 2 saturated heterocycles. The van der Waals surface area contributed by atoms with Gasteiger partial charge in [-0.1, -0.05) is 60.7 Å². The molecule has 0 aliphatic carbocycles. The summed E-state index contributed by atoms with van der Waals surface area (Å²) in [4.78, 5) is 0. The molecular weight excluding hydrogens is 272 g/mol. The van der Waals surface area contributed by atoms with Crippen LogP contribution in [0, 0.1) is 0 Å². The maximum Gasteiger partial charge on any atom is 0.0478 e. The lowest BCUT2D eigenvalue weighted by Gasteiger charge is -2.17. The molecule has 4 nitrogen and oxygen atoms in total. The molecule has 2 heterocycles. The van der Waals surface area contributed by atoms with E-state index in [-0.39, 0.29) is 0 Å². The first-order chi connectivity index (χ1) is 10.9. The van der Waals surface area contributed by atoms with Crippen molar-refractivity contribution in [3.05, 3.63) is 71.8 Å². The molecule has 0 spiro atoms. The van der Waals surface area contributed by atoms with Crippen LogP contribution in [0.25, 0.3) is 0 Å². The van der Waals surface area contributed by atoms with Crippen LogP contribution in [0.5, 0.6) is 0 Å². The lowest BCUT2D eigenvalue weighted by atomic mass is 9.94. The van der Waals surface area contributed by atoms with Crippen LogP contribution < -0.4 is 21.7 Å². The molecule has 4 N–H and O–H groups in total. The Morgan fingerprint density at radius 3 is 1.36 bits per heavy atom. The first-order valence-corrected chi connectivity index (χ1v) is 8.02. The fraction of sp³-hybridized carbons (Fsp3) is 0.333. The maximum atomic E-state index is 3.47. The second kappa shape index (κ2) is 6.18. The minimum Gasteiger partial charge on any atom is -0.252 e. The summed E-state index contributed by atoms with van der Waals surface area (Å²) in [5, 5.41) is 0. The standard InChI is InChI=1S/C18H22N4/c1-3-7-13(8-4-1)15-11-17(21-19-15)18-12-16(20-22-18)14-9-5-2-6-10-14/h1-10,15-22H,11-12H2. The van der Waals surface area contributed by atoms with Gasteiger partial charge in [-0.2, -0.15) is 0 Å². The van der Waals surface area contributed by atoms with Crippen LogP contribution in [-0.4, -0.2) is 12.1 Å². The third kappa shape index (κ3) is 2.78. The molecule has 2 aliphatic rings. The molecule has 4 heteroatoms. The van der Waals surface area contributed by atoms with Gasteiger partial charge < -0.3 is 0 Å².